The first-order valence-electron chi connectivity index (χ1n) is 9.07. The maximum Gasteiger partial charge on any atom is 0.296 e. The molecule has 1 atom stereocenters. The number of pyridine rings is 1. The molecule has 7 nitrogen and oxygen atoms in total. The lowest BCUT2D eigenvalue weighted by Crippen LogP contribution is -2.29. The summed E-state index contributed by atoms with van der Waals surface area (Å²) in [5, 5.41) is 11.4. The first-order chi connectivity index (χ1) is 14.5. The molecule has 0 bridgehead atoms. The van der Waals surface area contributed by atoms with Crippen LogP contribution < -0.4 is 4.74 Å². The van der Waals surface area contributed by atoms with Crippen molar-refractivity contribution in [3.63, 3.8) is 0 Å². The van der Waals surface area contributed by atoms with Crippen molar-refractivity contribution in [2.24, 2.45) is 0 Å². The minimum atomic E-state index is -0.877. The summed E-state index contributed by atoms with van der Waals surface area (Å²) in [5.41, 5.74) is 0.688. The van der Waals surface area contributed by atoms with Gasteiger partial charge in [0, 0.05) is 11.8 Å². The van der Waals surface area contributed by atoms with Gasteiger partial charge in [-0.05, 0) is 42.5 Å². The van der Waals surface area contributed by atoms with Crippen molar-refractivity contribution in [1.82, 2.24) is 9.88 Å². The average Bonchev–Trinajstić information content (AvgIpc) is 3.36. The van der Waals surface area contributed by atoms with Gasteiger partial charge in [-0.1, -0.05) is 17.7 Å². The van der Waals surface area contributed by atoms with E-state index in [0.29, 0.717) is 27.8 Å². The number of benzene rings is 1. The molecular formula is C22H17ClN2O5. The Hall–Kier alpha value is -3.58. The maximum absolute atomic E-state index is 12.9. The second-order valence-electron chi connectivity index (χ2n) is 6.61. The molecule has 152 valence electrons. The van der Waals surface area contributed by atoms with Gasteiger partial charge in [0.2, 0.25) is 0 Å². The van der Waals surface area contributed by atoms with Crippen molar-refractivity contribution in [1.29, 1.82) is 0 Å². The lowest BCUT2D eigenvalue weighted by Gasteiger charge is -2.23. The fraction of sp³-hybridized carbons (Fsp3) is 0.136. The summed E-state index contributed by atoms with van der Waals surface area (Å²) in [6.07, 6.45) is 3.05. The van der Waals surface area contributed by atoms with Gasteiger partial charge in [0.05, 0.1) is 36.2 Å². The number of halogens is 1. The maximum atomic E-state index is 12.9. The Morgan fingerprint density at radius 3 is 2.73 bits per heavy atom. The first kappa shape index (κ1) is 19.7. The Kier molecular flexibility index (Phi) is 5.29. The highest BCUT2D eigenvalue weighted by atomic mass is 35.5. The highest BCUT2D eigenvalue weighted by Gasteiger charge is 2.47. The SMILES string of the molecule is COc1cc(/C(O)=C2/C(=O)C(=O)N(Cc3ccco3)C2c2ccccn2)ccc1Cl. The summed E-state index contributed by atoms with van der Waals surface area (Å²) in [4.78, 5) is 31.4. The molecule has 1 amide bonds. The van der Waals surface area contributed by atoms with Crippen LogP contribution in [0, 0.1) is 0 Å². The number of ketones is 1. The van der Waals surface area contributed by atoms with Crippen molar-refractivity contribution >= 4 is 29.1 Å². The number of carbonyl (C=O) groups is 2. The number of rotatable bonds is 5. The molecule has 30 heavy (non-hydrogen) atoms. The van der Waals surface area contributed by atoms with E-state index in [2.05, 4.69) is 4.98 Å². The van der Waals surface area contributed by atoms with Crippen molar-refractivity contribution in [2.45, 2.75) is 12.6 Å². The van der Waals surface area contributed by atoms with E-state index in [9.17, 15) is 14.7 Å². The third-order valence-corrected chi connectivity index (χ3v) is 5.15. The smallest absolute Gasteiger partial charge is 0.296 e. The van der Waals surface area contributed by atoms with Gasteiger partial charge in [-0.3, -0.25) is 14.6 Å². The highest BCUT2D eigenvalue weighted by Crippen LogP contribution is 2.40. The summed E-state index contributed by atoms with van der Waals surface area (Å²) in [6.45, 7) is 0.0551. The number of hydrogen-bond donors (Lipinski definition) is 1. The zero-order valence-corrected chi connectivity index (χ0v) is 16.7. The number of Topliss-reactive ketones (excluding diaryl/α,β-unsaturated/α-hetero) is 1. The van der Waals surface area contributed by atoms with Crippen molar-refractivity contribution in [2.75, 3.05) is 7.11 Å². The van der Waals surface area contributed by atoms with Crippen LogP contribution in [-0.2, 0) is 16.1 Å². The summed E-state index contributed by atoms with van der Waals surface area (Å²) >= 11 is 6.07. The lowest BCUT2D eigenvalue weighted by molar-refractivity contribution is -0.140. The standard InChI is InChI=1S/C22H17ClN2O5/c1-29-17-11-13(7-8-15(17)23)20(26)18-19(16-6-2-3-9-24-16)25(22(28)21(18)27)12-14-5-4-10-30-14/h2-11,19,26H,12H2,1H3/b20-18-. The largest absolute Gasteiger partial charge is 0.507 e. The molecular weight excluding hydrogens is 408 g/mol. The summed E-state index contributed by atoms with van der Waals surface area (Å²) in [7, 11) is 1.45. The summed E-state index contributed by atoms with van der Waals surface area (Å²) in [5.74, 6) is -1.04. The van der Waals surface area contributed by atoms with Crippen molar-refractivity contribution < 1.29 is 23.8 Å². The van der Waals surface area contributed by atoms with E-state index in [4.69, 9.17) is 20.8 Å². The van der Waals surface area contributed by atoms with Crippen LogP contribution in [0.1, 0.15) is 23.1 Å². The zero-order chi connectivity index (χ0) is 21.3. The van der Waals surface area contributed by atoms with Crippen LogP contribution in [0.3, 0.4) is 0 Å². The number of aliphatic hydroxyl groups is 1. The van der Waals surface area contributed by atoms with E-state index in [1.807, 2.05) is 0 Å². The van der Waals surface area contributed by atoms with Gasteiger partial charge in [0.15, 0.2) is 0 Å². The molecule has 3 aromatic rings. The Balaban J connectivity index is 1.87. The molecule has 3 heterocycles. The fourth-order valence-electron chi connectivity index (χ4n) is 3.42. The van der Waals surface area contributed by atoms with E-state index in [1.54, 1.807) is 48.7 Å². The monoisotopic (exact) mass is 424 g/mol. The number of methoxy groups -OCH3 is 1. The van der Waals surface area contributed by atoms with Gasteiger partial charge in [0.25, 0.3) is 11.7 Å². The van der Waals surface area contributed by atoms with Gasteiger partial charge in [-0.2, -0.15) is 0 Å². The van der Waals surface area contributed by atoms with Gasteiger partial charge >= 0.3 is 0 Å². The average molecular weight is 425 g/mol. The Labute approximate surface area is 177 Å². The lowest BCUT2D eigenvalue weighted by atomic mass is 9.98. The van der Waals surface area contributed by atoms with Crippen LogP contribution >= 0.6 is 11.6 Å². The number of hydrogen-bond acceptors (Lipinski definition) is 6. The molecule has 1 saturated heterocycles. The Morgan fingerprint density at radius 1 is 1.23 bits per heavy atom. The molecule has 8 heteroatoms. The molecule has 0 spiro atoms. The number of nitrogens with zero attached hydrogens (tertiary/aromatic N) is 2. The summed E-state index contributed by atoms with van der Waals surface area (Å²) < 4.78 is 10.5. The number of aliphatic hydroxyl groups excluding tert-OH is 1. The van der Waals surface area contributed by atoms with E-state index >= 15 is 0 Å². The molecule has 1 aliphatic heterocycles. The topological polar surface area (TPSA) is 92.9 Å². The number of aromatic nitrogens is 1. The summed E-state index contributed by atoms with van der Waals surface area (Å²) in [6, 6.07) is 12.3. The quantitative estimate of drug-likeness (QED) is 0.378. The first-order valence-corrected chi connectivity index (χ1v) is 9.44. The normalized spacial score (nSPS) is 18.1. The zero-order valence-electron chi connectivity index (χ0n) is 15.9. The van der Waals surface area contributed by atoms with E-state index < -0.39 is 17.7 Å². The Bertz CT molecular complexity index is 1130. The van der Waals surface area contributed by atoms with E-state index in [1.165, 1.54) is 24.3 Å². The third-order valence-electron chi connectivity index (χ3n) is 4.84. The second-order valence-corrected chi connectivity index (χ2v) is 7.02. The van der Waals surface area contributed by atoms with Gasteiger partial charge < -0.3 is 19.2 Å². The molecule has 0 radical (unpaired) electrons. The Morgan fingerprint density at radius 2 is 2.07 bits per heavy atom. The molecule has 1 fully saturated rings. The molecule has 1 aromatic carbocycles. The van der Waals surface area contributed by atoms with Gasteiger partial charge in [-0.15, -0.1) is 0 Å². The molecule has 4 rings (SSSR count). The van der Waals surface area contributed by atoms with Crippen LogP contribution in [0.25, 0.3) is 5.76 Å². The number of amides is 1. The van der Waals surface area contributed by atoms with Crippen LogP contribution in [0.4, 0.5) is 0 Å². The molecule has 1 unspecified atom stereocenters. The molecule has 0 aliphatic carbocycles. The van der Waals surface area contributed by atoms with Gasteiger partial charge in [0.1, 0.15) is 23.3 Å². The molecule has 1 N–H and O–H groups in total. The van der Waals surface area contributed by atoms with E-state index in [0.717, 1.165) is 0 Å². The van der Waals surface area contributed by atoms with Gasteiger partial charge in [-0.25, -0.2) is 0 Å². The molecule has 1 aliphatic rings. The predicted molar refractivity (Wildman–Crippen MR) is 109 cm³/mol. The second kappa shape index (κ2) is 8.04. The minimum Gasteiger partial charge on any atom is -0.507 e. The number of carbonyl (C=O) groups excluding carboxylic acids is 2. The number of ether oxygens (including phenoxy) is 1. The number of furan rings is 1. The van der Waals surface area contributed by atoms with Crippen LogP contribution in [0.5, 0.6) is 5.75 Å². The van der Waals surface area contributed by atoms with Crippen molar-refractivity contribution in [3.8, 4) is 5.75 Å². The van der Waals surface area contributed by atoms with Crippen LogP contribution in [0.2, 0.25) is 5.02 Å². The van der Waals surface area contributed by atoms with E-state index in [-0.39, 0.29) is 17.9 Å². The minimum absolute atomic E-state index is 0.0551. The number of likely N-dealkylation sites (tertiary alicyclic amines) is 1. The van der Waals surface area contributed by atoms with Crippen LogP contribution in [0.15, 0.2) is 71.0 Å². The van der Waals surface area contributed by atoms with Crippen LogP contribution in [-0.4, -0.2) is 33.8 Å². The fourth-order valence-corrected chi connectivity index (χ4v) is 3.62. The predicted octanol–water partition coefficient (Wildman–Crippen LogP) is 3.96. The molecule has 2 aromatic heterocycles. The van der Waals surface area contributed by atoms with Crippen molar-refractivity contribution in [3.05, 3.63) is 88.6 Å². The molecule has 0 saturated carbocycles. The highest BCUT2D eigenvalue weighted by molar-refractivity contribution is 6.46. The third kappa shape index (κ3) is 3.44.